The lowest BCUT2D eigenvalue weighted by atomic mass is 9.98. The van der Waals surface area contributed by atoms with Crippen LogP contribution in [0.2, 0.25) is 0 Å². The van der Waals surface area contributed by atoms with Gasteiger partial charge in [-0.05, 0) is 65.2 Å². The molecule has 0 amide bonds. The normalized spacial score (nSPS) is 11.8. The van der Waals surface area contributed by atoms with E-state index < -0.39 is 0 Å². The molecule has 0 radical (unpaired) electrons. The van der Waals surface area contributed by atoms with Gasteiger partial charge in [0.05, 0.1) is 27.8 Å². The van der Waals surface area contributed by atoms with Crippen LogP contribution in [-0.4, -0.2) is 24.1 Å². The van der Waals surface area contributed by atoms with Crippen molar-refractivity contribution >= 4 is 65.6 Å². The Balaban J connectivity index is 1.13. The molecule has 0 saturated carbocycles. The van der Waals surface area contributed by atoms with Crippen molar-refractivity contribution in [3.8, 4) is 56.7 Å². The van der Waals surface area contributed by atoms with Crippen molar-refractivity contribution in [1.29, 1.82) is 0 Å². The molecule has 4 aromatic heterocycles. The molecule has 9 aromatic carbocycles. The Morgan fingerprint density at radius 2 is 0.921 bits per heavy atom. The van der Waals surface area contributed by atoms with Gasteiger partial charge in [-0.1, -0.05) is 164 Å². The minimum atomic E-state index is 0.544. The van der Waals surface area contributed by atoms with E-state index in [9.17, 15) is 0 Å². The molecule has 0 unspecified atom stereocenters. The van der Waals surface area contributed by atoms with Crippen molar-refractivity contribution in [1.82, 2.24) is 24.1 Å². The second-order valence-electron chi connectivity index (χ2n) is 16.0. The number of hydrogen-bond acceptors (Lipinski definition) is 4. The molecule has 6 nitrogen and oxygen atoms in total. The molecule has 294 valence electrons. The Hall–Kier alpha value is -8.61. The molecule has 63 heavy (non-hydrogen) atoms. The first-order valence-corrected chi connectivity index (χ1v) is 21.2. The van der Waals surface area contributed by atoms with E-state index in [-0.39, 0.29) is 0 Å². The van der Waals surface area contributed by atoms with Gasteiger partial charge in [-0.25, -0.2) is 4.98 Å². The maximum Gasteiger partial charge on any atom is 0.238 e. The minimum absolute atomic E-state index is 0.544. The molecule has 0 aliphatic rings. The molecular formula is C57H35N5O. The number of fused-ring (bicyclic) bond motifs is 10. The summed E-state index contributed by atoms with van der Waals surface area (Å²) in [6, 6.07) is 74.6. The summed E-state index contributed by atoms with van der Waals surface area (Å²) in [6.45, 7) is 0. The zero-order valence-electron chi connectivity index (χ0n) is 33.9. The van der Waals surface area contributed by atoms with Crippen molar-refractivity contribution in [3.63, 3.8) is 0 Å². The van der Waals surface area contributed by atoms with Crippen LogP contribution in [0.3, 0.4) is 0 Å². The van der Waals surface area contributed by atoms with Crippen molar-refractivity contribution in [3.05, 3.63) is 212 Å². The van der Waals surface area contributed by atoms with Crippen LogP contribution < -0.4 is 0 Å². The SMILES string of the molecule is c1ccc(-c2ccc(-c3ccccc3)c(-n3c4ccccc4c4c3ccc3c5ccccc5n(-c5nc(-c6ccccc6)nc(-c6ccc7oc8ccccc8c7c6)n5)c34)c2)cc1. The Bertz CT molecular complexity index is 3900. The predicted molar refractivity (Wildman–Crippen MR) is 258 cm³/mol. The quantitative estimate of drug-likeness (QED) is 0.168. The van der Waals surface area contributed by atoms with Gasteiger partial charge in [-0.3, -0.25) is 4.57 Å². The molecule has 0 fully saturated rings. The van der Waals surface area contributed by atoms with Crippen LogP contribution in [0.5, 0.6) is 0 Å². The molecule has 4 heterocycles. The zero-order chi connectivity index (χ0) is 41.4. The van der Waals surface area contributed by atoms with Crippen LogP contribution in [0, 0.1) is 0 Å². The number of hydrogen-bond donors (Lipinski definition) is 0. The van der Waals surface area contributed by atoms with Crippen molar-refractivity contribution < 1.29 is 4.42 Å². The first-order chi connectivity index (χ1) is 31.2. The van der Waals surface area contributed by atoms with E-state index in [2.05, 4.69) is 173 Å². The average molecular weight is 806 g/mol. The van der Waals surface area contributed by atoms with E-state index >= 15 is 0 Å². The summed E-state index contributed by atoms with van der Waals surface area (Å²) in [6.07, 6.45) is 0. The monoisotopic (exact) mass is 805 g/mol. The smallest absolute Gasteiger partial charge is 0.238 e. The van der Waals surface area contributed by atoms with Crippen LogP contribution >= 0.6 is 0 Å². The Labute approximate surface area is 361 Å². The molecule has 0 aliphatic carbocycles. The van der Waals surface area contributed by atoms with Crippen molar-refractivity contribution in [2.24, 2.45) is 0 Å². The van der Waals surface area contributed by atoms with Gasteiger partial charge in [0.1, 0.15) is 11.2 Å². The highest BCUT2D eigenvalue weighted by Gasteiger charge is 2.24. The molecule has 0 spiro atoms. The standard InChI is InChI=1S/C57H35N5O/c1-4-16-36(17-5-1)39-28-30-41(37-18-6-2-7-19-37)50(35-39)61-48-26-14-11-24-45(48)53-49(61)32-31-44-42-22-10-13-25-47(42)62(54(44)53)57-59-55(38-20-8-3-9-21-38)58-56(60-57)40-29-33-52-46(34-40)43-23-12-15-27-51(43)63-52/h1-35H. The fraction of sp³-hybridized carbons (Fsp3) is 0. The molecule has 13 rings (SSSR count). The van der Waals surface area contributed by atoms with Gasteiger partial charge in [0.15, 0.2) is 11.6 Å². The van der Waals surface area contributed by atoms with E-state index in [1.807, 2.05) is 48.5 Å². The zero-order valence-corrected chi connectivity index (χ0v) is 33.9. The van der Waals surface area contributed by atoms with Crippen LogP contribution in [-0.2, 0) is 0 Å². The lowest BCUT2D eigenvalue weighted by Crippen LogP contribution is -2.06. The van der Waals surface area contributed by atoms with Gasteiger partial charge in [-0.15, -0.1) is 0 Å². The third kappa shape index (κ3) is 5.55. The Morgan fingerprint density at radius 1 is 0.333 bits per heavy atom. The van der Waals surface area contributed by atoms with Crippen LogP contribution in [0.4, 0.5) is 0 Å². The highest BCUT2D eigenvalue weighted by atomic mass is 16.3. The number of benzene rings is 9. The predicted octanol–water partition coefficient (Wildman–Crippen LogP) is 14.6. The molecule has 0 saturated heterocycles. The van der Waals surface area contributed by atoms with Crippen LogP contribution in [0.15, 0.2) is 217 Å². The maximum absolute atomic E-state index is 6.23. The highest BCUT2D eigenvalue weighted by molar-refractivity contribution is 6.26. The highest BCUT2D eigenvalue weighted by Crippen LogP contribution is 2.44. The summed E-state index contributed by atoms with van der Waals surface area (Å²) < 4.78 is 10.9. The van der Waals surface area contributed by atoms with Gasteiger partial charge in [0, 0.05) is 49.0 Å². The Kier molecular flexibility index (Phi) is 7.80. The summed E-state index contributed by atoms with van der Waals surface area (Å²) in [5.41, 5.74) is 13.4. The van der Waals surface area contributed by atoms with Gasteiger partial charge in [0.2, 0.25) is 5.95 Å². The van der Waals surface area contributed by atoms with Crippen molar-refractivity contribution in [2.75, 3.05) is 0 Å². The average Bonchev–Trinajstić information content (AvgIpc) is 4.02. The van der Waals surface area contributed by atoms with E-state index in [0.29, 0.717) is 17.6 Å². The summed E-state index contributed by atoms with van der Waals surface area (Å²) in [5, 5.41) is 6.58. The minimum Gasteiger partial charge on any atom is -0.456 e. The molecule has 13 aromatic rings. The molecule has 0 N–H and O–H groups in total. The third-order valence-corrected chi connectivity index (χ3v) is 12.4. The molecule has 0 aliphatic heterocycles. The van der Waals surface area contributed by atoms with E-state index in [0.717, 1.165) is 99.1 Å². The number of aromatic nitrogens is 5. The Morgan fingerprint density at radius 3 is 1.68 bits per heavy atom. The molecular weight excluding hydrogens is 771 g/mol. The summed E-state index contributed by atoms with van der Waals surface area (Å²) in [7, 11) is 0. The van der Waals surface area contributed by atoms with E-state index in [1.54, 1.807) is 0 Å². The lowest BCUT2D eigenvalue weighted by molar-refractivity contribution is 0.669. The third-order valence-electron chi connectivity index (χ3n) is 12.4. The topological polar surface area (TPSA) is 61.7 Å². The summed E-state index contributed by atoms with van der Waals surface area (Å²) in [4.78, 5) is 15.9. The van der Waals surface area contributed by atoms with Gasteiger partial charge in [0.25, 0.3) is 0 Å². The molecule has 6 heteroatoms. The van der Waals surface area contributed by atoms with Crippen LogP contribution in [0.25, 0.3) is 122 Å². The number of furan rings is 1. The first-order valence-electron chi connectivity index (χ1n) is 21.2. The van der Waals surface area contributed by atoms with Crippen molar-refractivity contribution in [2.45, 2.75) is 0 Å². The second-order valence-corrected chi connectivity index (χ2v) is 16.0. The van der Waals surface area contributed by atoms with E-state index in [1.165, 1.54) is 5.56 Å². The first kappa shape index (κ1) is 35.2. The fourth-order valence-electron chi connectivity index (χ4n) is 9.54. The lowest BCUT2D eigenvalue weighted by Gasteiger charge is -2.16. The molecule has 0 atom stereocenters. The number of para-hydroxylation sites is 3. The van der Waals surface area contributed by atoms with Crippen LogP contribution in [0.1, 0.15) is 0 Å². The van der Waals surface area contributed by atoms with Gasteiger partial charge >= 0.3 is 0 Å². The van der Waals surface area contributed by atoms with E-state index in [4.69, 9.17) is 19.4 Å². The summed E-state index contributed by atoms with van der Waals surface area (Å²) >= 11 is 0. The number of rotatable bonds is 6. The fourth-order valence-corrected chi connectivity index (χ4v) is 9.54. The van der Waals surface area contributed by atoms with Gasteiger partial charge in [-0.2, -0.15) is 9.97 Å². The van der Waals surface area contributed by atoms with Gasteiger partial charge < -0.3 is 8.98 Å². The second kappa shape index (κ2) is 14.0. The maximum atomic E-state index is 6.23. The molecule has 0 bridgehead atoms. The summed E-state index contributed by atoms with van der Waals surface area (Å²) in [5.74, 6) is 1.72. The number of nitrogens with zero attached hydrogens (tertiary/aromatic N) is 5. The largest absolute Gasteiger partial charge is 0.456 e.